The van der Waals surface area contributed by atoms with Crippen molar-refractivity contribution in [2.75, 3.05) is 31.2 Å². The number of amides is 1. The molecule has 0 aliphatic carbocycles. The Bertz CT molecular complexity index is 544. The SMILES string of the molecule is CCCC[C@H](NC(=O)c1cccnc1N1CCOCC1)C(=O)O. The molecule has 0 unspecified atom stereocenters. The molecule has 7 heteroatoms. The van der Waals surface area contributed by atoms with Crippen LogP contribution in [0.2, 0.25) is 0 Å². The number of morpholine rings is 1. The summed E-state index contributed by atoms with van der Waals surface area (Å²) in [6, 6.07) is 2.48. The lowest BCUT2D eigenvalue weighted by Crippen LogP contribution is -2.42. The van der Waals surface area contributed by atoms with Gasteiger partial charge in [-0.1, -0.05) is 19.8 Å². The first-order valence-corrected chi connectivity index (χ1v) is 7.95. The molecule has 1 aliphatic rings. The zero-order valence-electron chi connectivity index (χ0n) is 13.3. The molecule has 2 rings (SSSR count). The maximum atomic E-state index is 12.5. The molecule has 1 saturated heterocycles. The predicted molar refractivity (Wildman–Crippen MR) is 85.7 cm³/mol. The number of aliphatic carboxylic acids is 1. The van der Waals surface area contributed by atoms with Crippen LogP contribution in [0.5, 0.6) is 0 Å². The third-order valence-corrected chi connectivity index (χ3v) is 3.79. The summed E-state index contributed by atoms with van der Waals surface area (Å²) in [5.41, 5.74) is 0.400. The van der Waals surface area contributed by atoms with Crippen molar-refractivity contribution >= 4 is 17.7 Å². The van der Waals surface area contributed by atoms with E-state index in [1.165, 1.54) is 0 Å². The van der Waals surface area contributed by atoms with Crippen LogP contribution in [-0.2, 0) is 9.53 Å². The van der Waals surface area contributed by atoms with Crippen LogP contribution >= 0.6 is 0 Å². The number of carboxylic acids is 1. The van der Waals surface area contributed by atoms with Gasteiger partial charge in [0.25, 0.3) is 5.91 Å². The smallest absolute Gasteiger partial charge is 0.326 e. The summed E-state index contributed by atoms with van der Waals surface area (Å²) in [6.45, 7) is 4.49. The third-order valence-electron chi connectivity index (χ3n) is 3.79. The molecule has 0 aromatic carbocycles. The van der Waals surface area contributed by atoms with Gasteiger partial charge < -0.3 is 20.1 Å². The van der Waals surface area contributed by atoms with E-state index in [1.807, 2.05) is 11.8 Å². The van der Waals surface area contributed by atoms with Crippen molar-refractivity contribution in [3.05, 3.63) is 23.9 Å². The number of ether oxygens (including phenoxy) is 1. The Balaban J connectivity index is 2.13. The molecular formula is C16H23N3O4. The molecule has 7 nitrogen and oxygen atoms in total. The van der Waals surface area contributed by atoms with Gasteiger partial charge in [0.1, 0.15) is 11.9 Å². The van der Waals surface area contributed by atoms with E-state index in [0.717, 1.165) is 12.8 Å². The summed E-state index contributed by atoms with van der Waals surface area (Å²) in [5.74, 6) is -0.834. The van der Waals surface area contributed by atoms with Gasteiger partial charge in [-0.05, 0) is 18.6 Å². The average molecular weight is 321 g/mol. The highest BCUT2D eigenvalue weighted by Gasteiger charge is 2.24. The molecule has 0 spiro atoms. The van der Waals surface area contributed by atoms with E-state index in [4.69, 9.17) is 4.74 Å². The van der Waals surface area contributed by atoms with Crippen molar-refractivity contribution in [2.45, 2.75) is 32.2 Å². The summed E-state index contributed by atoms with van der Waals surface area (Å²) >= 11 is 0. The number of nitrogens with one attached hydrogen (secondary N) is 1. The van der Waals surface area contributed by atoms with Gasteiger partial charge >= 0.3 is 5.97 Å². The number of pyridine rings is 1. The largest absolute Gasteiger partial charge is 0.480 e. The van der Waals surface area contributed by atoms with Gasteiger partial charge in [0.2, 0.25) is 0 Å². The summed E-state index contributed by atoms with van der Waals surface area (Å²) in [5, 5.41) is 11.9. The van der Waals surface area contributed by atoms with Crippen LogP contribution in [0, 0.1) is 0 Å². The molecule has 2 heterocycles. The third kappa shape index (κ3) is 4.66. The van der Waals surface area contributed by atoms with Crippen LogP contribution in [0.3, 0.4) is 0 Å². The minimum atomic E-state index is -1.01. The Hall–Kier alpha value is -2.15. The molecule has 126 valence electrons. The van der Waals surface area contributed by atoms with Gasteiger partial charge in [0.05, 0.1) is 18.8 Å². The van der Waals surface area contributed by atoms with Crippen molar-refractivity contribution in [1.29, 1.82) is 0 Å². The lowest BCUT2D eigenvalue weighted by molar-refractivity contribution is -0.139. The Morgan fingerprint density at radius 3 is 2.83 bits per heavy atom. The van der Waals surface area contributed by atoms with Crippen molar-refractivity contribution in [1.82, 2.24) is 10.3 Å². The number of aromatic nitrogens is 1. The topological polar surface area (TPSA) is 91.8 Å². The fourth-order valence-corrected chi connectivity index (χ4v) is 2.50. The molecule has 1 fully saturated rings. The van der Waals surface area contributed by atoms with E-state index in [9.17, 15) is 14.7 Å². The van der Waals surface area contributed by atoms with Crippen LogP contribution in [0.1, 0.15) is 36.5 Å². The molecule has 1 aliphatic heterocycles. The summed E-state index contributed by atoms with van der Waals surface area (Å²) < 4.78 is 5.31. The number of unbranched alkanes of at least 4 members (excludes halogenated alkanes) is 1. The number of hydrogen-bond acceptors (Lipinski definition) is 5. The quantitative estimate of drug-likeness (QED) is 0.786. The zero-order valence-corrected chi connectivity index (χ0v) is 13.3. The van der Waals surface area contributed by atoms with Crippen LogP contribution in [-0.4, -0.2) is 54.3 Å². The van der Waals surface area contributed by atoms with E-state index < -0.39 is 17.9 Å². The fraction of sp³-hybridized carbons (Fsp3) is 0.562. The van der Waals surface area contributed by atoms with E-state index in [1.54, 1.807) is 18.3 Å². The molecular weight excluding hydrogens is 298 g/mol. The maximum Gasteiger partial charge on any atom is 0.326 e. The number of anilines is 1. The molecule has 1 atom stereocenters. The minimum Gasteiger partial charge on any atom is -0.480 e. The van der Waals surface area contributed by atoms with Crippen molar-refractivity contribution in [2.24, 2.45) is 0 Å². The van der Waals surface area contributed by atoms with Crippen LogP contribution in [0.15, 0.2) is 18.3 Å². The van der Waals surface area contributed by atoms with Crippen LogP contribution < -0.4 is 10.2 Å². The van der Waals surface area contributed by atoms with E-state index in [0.29, 0.717) is 44.1 Å². The van der Waals surface area contributed by atoms with E-state index >= 15 is 0 Å². The molecule has 0 bridgehead atoms. The molecule has 1 aromatic heterocycles. The van der Waals surface area contributed by atoms with Crippen LogP contribution in [0.25, 0.3) is 0 Å². The minimum absolute atomic E-state index is 0.400. The number of carbonyl (C=O) groups is 2. The Kier molecular flexibility index (Phi) is 6.34. The van der Waals surface area contributed by atoms with Crippen LogP contribution in [0.4, 0.5) is 5.82 Å². The first-order chi connectivity index (χ1) is 11.1. The number of rotatable bonds is 7. The second kappa shape index (κ2) is 8.47. The van der Waals surface area contributed by atoms with Gasteiger partial charge in [0.15, 0.2) is 0 Å². The Morgan fingerprint density at radius 1 is 1.43 bits per heavy atom. The highest BCUT2D eigenvalue weighted by molar-refractivity contribution is 6.00. The summed E-state index contributed by atoms with van der Waals surface area (Å²) in [7, 11) is 0. The lowest BCUT2D eigenvalue weighted by atomic mass is 10.1. The number of nitrogens with zero attached hydrogens (tertiary/aromatic N) is 2. The highest BCUT2D eigenvalue weighted by atomic mass is 16.5. The molecule has 1 amide bonds. The standard InChI is InChI=1S/C16H23N3O4/c1-2-3-6-13(16(21)22)18-15(20)12-5-4-7-17-14(12)19-8-10-23-11-9-19/h4-5,7,13H,2-3,6,8-11H2,1H3,(H,18,20)(H,21,22)/t13-/m0/s1. The number of hydrogen-bond donors (Lipinski definition) is 2. The second-order valence-corrected chi connectivity index (χ2v) is 5.48. The summed E-state index contributed by atoms with van der Waals surface area (Å²) in [6.07, 6.45) is 3.68. The van der Waals surface area contributed by atoms with Gasteiger partial charge in [-0.25, -0.2) is 9.78 Å². The lowest BCUT2D eigenvalue weighted by Gasteiger charge is -2.29. The number of carbonyl (C=O) groups excluding carboxylic acids is 1. The van der Waals surface area contributed by atoms with Crippen molar-refractivity contribution < 1.29 is 19.4 Å². The molecule has 0 radical (unpaired) electrons. The zero-order chi connectivity index (χ0) is 16.7. The molecule has 0 saturated carbocycles. The fourth-order valence-electron chi connectivity index (χ4n) is 2.50. The van der Waals surface area contributed by atoms with Gasteiger partial charge in [-0.2, -0.15) is 0 Å². The van der Waals surface area contributed by atoms with Crippen molar-refractivity contribution in [3.8, 4) is 0 Å². The monoisotopic (exact) mass is 321 g/mol. The van der Waals surface area contributed by atoms with Crippen molar-refractivity contribution in [3.63, 3.8) is 0 Å². The molecule has 1 aromatic rings. The normalized spacial score (nSPS) is 16.0. The highest BCUT2D eigenvalue weighted by Crippen LogP contribution is 2.18. The molecule has 23 heavy (non-hydrogen) atoms. The van der Waals surface area contributed by atoms with Gasteiger partial charge in [-0.3, -0.25) is 4.79 Å². The maximum absolute atomic E-state index is 12.5. The van der Waals surface area contributed by atoms with E-state index in [-0.39, 0.29) is 0 Å². The first kappa shape index (κ1) is 17.2. The second-order valence-electron chi connectivity index (χ2n) is 5.48. The Morgan fingerprint density at radius 2 is 2.17 bits per heavy atom. The average Bonchev–Trinajstić information content (AvgIpc) is 2.59. The Labute approximate surface area is 135 Å². The molecule has 2 N–H and O–H groups in total. The predicted octanol–water partition coefficient (Wildman–Crippen LogP) is 1.29. The van der Waals surface area contributed by atoms with Gasteiger partial charge in [0, 0.05) is 19.3 Å². The first-order valence-electron chi connectivity index (χ1n) is 7.95. The number of carboxylic acid groups (broad SMARTS) is 1. The van der Waals surface area contributed by atoms with E-state index in [2.05, 4.69) is 10.3 Å². The van der Waals surface area contributed by atoms with Gasteiger partial charge in [-0.15, -0.1) is 0 Å². The summed E-state index contributed by atoms with van der Waals surface area (Å²) in [4.78, 5) is 30.1.